The highest BCUT2D eigenvalue weighted by atomic mass is 32.1. The summed E-state index contributed by atoms with van der Waals surface area (Å²) in [7, 11) is 0. The average Bonchev–Trinajstić information content (AvgIpc) is 2.77. The summed E-state index contributed by atoms with van der Waals surface area (Å²) in [5, 5.41) is 19.3. The molecule has 4 nitrogen and oxygen atoms in total. The third-order valence-electron chi connectivity index (χ3n) is 3.89. The van der Waals surface area contributed by atoms with E-state index in [9.17, 15) is 10.1 Å². The minimum Gasteiger partial charge on any atom is -0.481 e. The van der Waals surface area contributed by atoms with E-state index in [1.807, 2.05) is 13.8 Å². The van der Waals surface area contributed by atoms with Gasteiger partial charge in [0.25, 0.3) is 0 Å². The van der Waals surface area contributed by atoms with Gasteiger partial charge < -0.3 is 10.0 Å². The minimum absolute atomic E-state index is 0.107. The molecule has 5 heteroatoms. The fourth-order valence-electron chi connectivity index (χ4n) is 2.42. The number of hydrogen-bond acceptors (Lipinski definition) is 4. The van der Waals surface area contributed by atoms with Crippen LogP contribution in [0.5, 0.6) is 0 Å². The molecule has 0 spiro atoms. The lowest BCUT2D eigenvalue weighted by atomic mass is 10.1. The fourth-order valence-corrected chi connectivity index (χ4v) is 3.57. The van der Waals surface area contributed by atoms with Gasteiger partial charge in [0, 0.05) is 18.0 Å². The van der Waals surface area contributed by atoms with Crippen LogP contribution in [0.15, 0.2) is 0 Å². The summed E-state index contributed by atoms with van der Waals surface area (Å²) >= 11 is 1.60. The predicted octanol–water partition coefficient (Wildman–Crippen LogP) is 4.49. The Bertz CT molecular complexity index is 531. The molecule has 1 heterocycles. The molecule has 1 rings (SSSR count). The number of aryl methyl sites for hydroxylation is 1. The normalized spacial score (nSPS) is 10.5. The maximum atomic E-state index is 10.9. The van der Waals surface area contributed by atoms with Gasteiger partial charge in [0.2, 0.25) is 0 Å². The molecule has 0 fully saturated rings. The number of thiophene rings is 1. The zero-order valence-corrected chi connectivity index (χ0v) is 14.6. The van der Waals surface area contributed by atoms with Crippen molar-refractivity contribution >= 4 is 22.3 Å². The van der Waals surface area contributed by atoms with Crippen molar-refractivity contribution in [3.8, 4) is 6.07 Å². The first-order valence-electron chi connectivity index (χ1n) is 7.98. The van der Waals surface area contributed by atoms with E-state index < -0.39 is 5.97 Å². The SMILES string of the molecule is CCCCCCCN(CCC(=O)O)c1sc(C)c(C)c1C#N. The molecular formula is C17H26N2O2S. The maximum absolute atomic E-state index is 10.9. The van der Waals surface area contributed by atoms with Gasteiger partial charge in [-0.2, -0.15) is 5.26 Å². The number of carbonyl (C=O) groups is 1. The van der Waals surface area contributed by atoms with Gasteiger partial charge in [-0.3, -0.25) is 4.79 Å². The van der Waals surface area contributed by atoms with Gasteiger partial charge in [0.1, 0.15) is 11.1 Å². The minimum atomic E-state index is -0.792. The second-order valence-electron chi connectivity index (χ2n) is 5.62. The largest absolute Gasteiger partial charge is 0.481 e. The van der Waals surface area contributed by atoms with Crippen molar-refractivity contribution in [2.45, 2.75) is 59.3 Å². The second-order valence-corrected chi connectivity index (χ2v) is 6.82. The highest BCUT2D eigenvalue weighted by molar-refractivity contribution is 7.16. The second kappa shape index (κ2) is 9.47. The summed E-state index contributed by atoms with van der Waals surface area (Å²) in [5.74, 6) is -0.792. The van der Waals surface area contributed by atoms with Crippen LogP contribution < -0.4 is 4.90 Å². The van der Waals surface area contributed by atoms with Gasteiger partial charge >= 0.3 is 5.97 Å². The van der Waals surface area contributed by atoms with Crippen LogP contribution in [0.1, 0.15) is 61.5 Å². The summed E-state index contributed by atoms with van der Waals surface area (Å²) in [6, 6.07) is 2.28. The zero-order valence-electron chi connectivity index (χ0n) is 13.8. The number of unbranched alkanes of at least 4 members (excludes halogenated alkanes) is 4. The van der Waals surface area contributed by atoms with Crippen molar-refractivity contribution < 1.29 is 9.90 Å². The molecule has 0 saturated carbocycles. The highest BCUT2D eigenvalue weighted by Crippen LogP contribution is 2.35. The van der Waals surface area contributed by atoms with Crippen molar-refractivity contribution in [2.24, 2.45) is 0 Å². The summed E-state index contributed by atoms with van der Waals surface area (Å²) in [6.07, 6.45) is 5.98. The third kappa shape index (κ3) is 5.34. The highest BCUT2D eigenvalue weighted by Gasteiger charge is 2.18. The number of nitrogens with zero attached hydrogens (tertiary/aromatic N) is 2. The van der Waals surface area contributed by atoms with Crippen molar-refractivity contribution in [3.05, 3.63) is 16.0 Å². The van der Waals surface area contributed by atoms with Crippen LogP contribution in [-0.2, 0) is 4.79 Å². The molecule has 0 aliphatic carbocycles. The molecule has 0 saturated heterocycles. The Balaban J connectivity index is 2.79. The van der Waals surface area contributed by atoms with E-state index in [1.165, 1.54) is 19.3 Å². The Labute approximate surface area is 137 Å². The molecule has 22 heavy (non-hydrogen) atoms. The number of hydrogen-bond donors (Lipinski definition) is 1. The molecule has 0 aromatic carbocycles. The van der Waals surface area contributed by atoms with Gasteiger partial charge in [0.05, 0.1) is 12.0 Å². The van der Waals surface area contributed by atoms with Gasteiger partial charge in [-0.05, 0) is 25.8 Å². The van der Waals surface area contributed by atoms with Crippen LogP contribution in [0.4, 0.5) is 5.00 Å². The molecule has 1 aromatic heterocycles. The molecule has 122 valence electrons. The molecule has 1 N–H and O–H groups in total. The van der Waals surface area contributed by atoms with Crippen molar-refractivity contribution in [3.63, 3.8) is 0 Å². The summed E-state index contributed by atoms with van der Waals surface area (Å²) in [4.78, 5) is 14.1. The van der Waals surface area contributed by atoms with Gasteiger partial charge in [-0.15, -0.1) is 11.3 Å². The molecular weight excluding hydrogens is 296 g/mol. The number of aliphatic carboxylic acids is 1. The van der Waals surface area contributed by atoms with Gasteiger partial charge in [0.15, 0.2) is 0 Å². The summed E-state index contributed by atoms with van der Waals surface area (Å²) in [6.45, 7) is 7.46. The van der Waals surface area contributed by atoms with E-state index in [0.29, 0.717) is 12.1 Å². The number of carboxylic acid groups (broad SMARTS) is 1. The maximum Gasteiger partial charge on any atom is 0.305 e. The van der Waals surface area contributed by atoms with Crippen LogP contribution >= 0.6 is 11.3 Å². The van der Waals surface area contributed by atoms with E-state index in [2.05, 4.69) is 17.9 Å². The molecule has 1 aromatic rings. The Kier molecular flexibility index (Phi) is 7.97. The number of anilines is 1. The lowest BCUT2D eigenvalue weighted by Gasteiger charge is -2.23. The molecule has 0 bridgehead atoms. The molecule has 0 amide bonds. The van der Waals surface area contributed by atoms with Gasteiger partial charge in [-0.25, -0.2) is 0 Å². The first kappa shape index (κ1) is 18.5. The first-order valence-corrected chi connectivity index (χ1v) is 8.79. The van der Waals surface area contributed by atoms with Crippen molar-refractivity contribution in [2.75, 3.05) is 18.0 Å². The van der Waals surface area contributed by atoms with Crippen molar-refractivity contribution in [1.82, 2.24) is 0 Å². The third-order valence-corrected chi connectivity index (χ3v) is 5.16. The number of rotatable bonds is 10. The topological polar surface area (TPSA) is 64.3 Å². The zero-order chi connectivity index (χ0) is 16.5. The smallest absolute Gasteiger partial charge is 0.305 e. The Hall–Kier alpha value is -1.54. The molecule has 0 atom stereocenters. The molecule has 0 aliphatic rings. The van der Waals surface area contributed by atoms with Crippen LogP contribution in [0.2, 0.25) is 0 Å². The van der Waals surface area contributed by atoms with E-state index in [0.717, 1.165) is 34.8 Å². The average molecular weight is 322 g/mol. The van der Waals surface area contributed by atoms with Crippen LogP contribution in [0, 0.1) is 25.2 Å². The lowest BCUT2D eigenvalue weighted by Crippen LogP contribution is -2.27. The summed E-state index contributed by atoms with van der Waals surface area (Å²) in [5.41, 5.74) is 1.73. The first-order chi connectivity index (χ1) is 10.5. The van der Waals surface area contributed by atoms with Crippen LogP contribution in [0.25, 0.3) is 0 Å². The van der Waals surface area contributed by atoms with Crippen molar-refractivity contribution in [1.29, 1.82) is 5.26 Å². The van der Waals surface area contributed by atoms with E-state index >= 15 is 0 Å². The van der Waals surface area contributed by atoms with Gasteiger partial charge in [-0.1, -0.05) is 32.6 Å². The number of carboxylic acids is 1. The Morgan fingerprint density at radius 2 is 1.91 bits per heavy atom. The molecule has 0 aliphatic heterocycles. The Morgan fingerprint density at radius 3 is 2.50 bits per heavy atom. The quantitative estimate of drug-likeness (QED) is 0.645. The monoisotopic (exact) mass is 322 g/mol. The lowest BCUT2D eigenvalue weighted by molar-refractivity contribution is -0.136. The van der Waals surface area contributed by atoms with E-state index in [-0.39, 0.29) is 6.42 Å². The molecule has 0 radical (unpaired) electrons. The Morgan fingerprint density at radius 1 is 1.23 bits per heavy atom. The fraction of sp³-hybridized carbons (Fsp3) is 0.647. The number of nitriles is 1. The van der Waals surface area contributed by atoms with E-state index in [1.54, 1.807) is 11.3 Å². The van der Waals surface area contributed by atoms with Crippen LogP contribution in [0.3, 0.4) is 0 Å². The molecule has 0 unspecified atom stereocenters. The van der Waals surface area contributed by atoms with E-state index in [4.69, 9.17) is 5.11 Å². The predicted molar refractivity (Wildman–Crippen MR) is 91.7 cm³/mol. The summed E-state index contributed by atoms with van der Waals surface area (Å²) < 4.78 is 0. The van der Waals surface area contributed by atoms with Crippen LogP contribution in [-0.4, -0.2) is 24.2 Å². The standard InChI is InChI=1S/C17H26N2O2S/c1-4-5-6-7-8-10-19(11-9-16(20)21)17-15(12-18)13(2)14(3)22-17/h4-11H2,1-3H3,(H,20,21).